The summed E-state index contributed by atoms with van der Waals surface area (Å²) in [6, 6.07) is 4.33. The summed E-state index contributed by atoms with van der Waals surface area (Å²) >= 11 is 0. The molecule has 34 heavy (non-hydrogen) atoms. The van der Waals surface area contributed by atoms with Gasteiger partial charge < -0.3 is 19.8 Å². The first-order valence-electron chi connectivity index (χ1n) is 10.3. The Labute approximate surface area is 193 Å². The van der Waals surface area contributed by atoms with Gasteiger partial charge in [0, 0.05) is 13.2 Å². The number of carbonyl (C=O) groups is 2. The molecule has 0 saturated carbocycles. The lowest BCUT2D eigenvalue weighted by Crippen LogP contribution is -2.50. The number of phenolic OH excluding ortho intramolecular Hbond substituents is 1. The number of hydrogen-bond donors (Lipinski definition) is 2. The summed E-state index contributed by atoms with van der Waals surface area (Å²) in [4.78, 5) is 41.5. The number of halogens is 2. The van der Waals surface area contributed by atoms with Crippen LogP contribution in [-0.4, -0.2) is 70.2 Å². The standard InChI is InChI=1S/C23H24F2N4O5/c1-27(2)19(10-14-11-26-18-7-6-17(25)22(21(14)18)29(33)34)23(32)28(3)15(12-30)8-13-4-5-16(24)20(31)9-13/h4-7,9,11-12,15,19,26,31H,8,10H2,1-3H3. The highest BCUT2D eigenvalue weighted by atomic mass is 19.1. The molecular formula is C23H24F2N4O5. The lowest BCUT2D eigenvalue weighted by Gasteiger charge is -2.31. The van der Waals surface area contributed by atoms with E-state index in [2.05, 4.69) is 4.98 Å². The van der Waals surface area contributed by atoms with Crippen LogP contribution in [0.15, 0.2) is 36.5 Å². The molecule has 0 fully saturated rings. The minimum Gasteiger partial charge on any atom is -0.505 e. The smallest absolute Gasteiger partial charge is 0.314 e. The van der Waals surface area contributed by atoms with E-state index in [0.29, 0.717) is 22.9 Å². The van der Waals surface area contributed by atoms with Crippen LogP contribution in [-0.2, 0) is 22.4 Å². The number of rotatable bonds is 9. The van der Waals surface area contributed by atoms with Gasteiger partial charge in [-0.2, -0.15) is 4.39 Å². The van der Waals surface area contributed by atoms with Crippen molar-refractivity contribution >= 4 is 28.8 Å². The number of aromatic amines is 1. The van der Waals surface area contributed by atoms with Crippen molar-refractivity contribution in [3.8, 4) is 5.75 Å². The van der Waals surface area contributed by atoms with Crippen LogP contribution in [0.1, 0.15) is 11.1 Å². The second kappa shape index (κ2) is 9.96. The van der Waals surface area contributed by atoms with Crippen LogP contribution in [0.4, 0.5) is 14.5 Å². The molecule has 0 aliphatic rings. The molecule has 1 heterocycles. The highest BCUT2D eigenvalue weighted by molar-refractivity contribution is 5.93. The second-order valence-electron chi connectivity index (χ2n) is 8.22. The average molecular weight is 474 g/mol. The maximum atomic E-state index is 14.2. The number of hydrogen-bond acceptors (Lipinski definition) is 6. The van der Waals surface area contributed by atoms with Crippen LogP contribution in [0.3, 0.4) is 0 Å². The third-order valence-corrected chi connectivity index (χ3v) is 5.81. The van der Waals surface area contributed by atoms with Gasteiger partial charge in [0.2, 0.25) is 11.7 Å². The third kappa shape index (κ3) is 4.88. The molecule has 3 aromatic rings. The molecule has 9 nitrogen and oxygen atoms in total. The number of nitro benzene ring substituents is 1. The number of nitro groups is 1. The molecule has 0 bridgehead atoms. The van der Waals surface area contributed by atoms with Crippen LogP contribution < -0.4 is 0 Å². The maximum Gasteiger partial charge on any atom is 0.314 e. The maximum absolute atomic E-state index is 14.2. The summed E-state index contributed by atoms with van der Waals surface area (Å²) in [7, 11) is 4.74. The van der Waals surface area contributed by atoms with Gasteiger partial charge in [0.1, 0.15) is 6.29 Å². The van der Waals surface area contributed by atoms with Crippen molar-refractivity contribution in [3.63, 3.8) is 0 Å². The fraction of sp³-hybridized carbons (Fsp3) is 0.304. The number of fused-ring (bicyclic) bond motifs is 1. The summed E-state index contributed by atoms with van der Waals surface area (Å²) < 4.78 is 27.5. The summed E-state index contributed by atoms with van der Waals surface area (Å²) in [6.07, 6.45) is 2.14. The molecular weight excluding hydrogens is 450 g/mol. The van der Waals surface area contributed by atoms with E-state index in [-0.39, 0.29) is 18.2 Å². The molecule has 0 aliphatic carbocycles. The van der Waals surface area contributed by atoms with Crippen LogP contribution in [0.5, 0.6) is 5.75 Å². The monoisotopic (exact) mass is 474 g/mol. The Kier molecular flexibility index (Phi) is 7.26. The molecule has 2 aromatic carbocycles. The van der Waals surface area contributed by atoms with E-state index in [4.69, 9.17) is 0 Å². The van der Waals surface area contributed by atoms with Gasteiger partial charge >= 0.3 is 5.69 Å². The van der Waals surface area contributed by atoms with Crippen LogP contribution >= 0.6 is 0 Å². The number of amides is 1. The fourth-order valence-corrected chi connectivity index (χ4v) is 3.89. The van der Waals surface area contributed by atoms with E-state index < -0.39 is 46.0 Å². The number of carbonyl (C=O) groups excluding carboxylic acids is 2. The Hall–Kier alpha value is -3.86. The molecule has 2 N–H and O–H groups in total. The molecule has 1 amide bonds. The topological polar surface area (TPSA) is 120 Å². The number of aromatic hydroxyl groups is 1. The number of aldehydes is 1. The van der Waals surface area contributed by atoms with E-state index in [1.807, 2.05) is 0 Å². The molecule has 180 valence electrons. The quantitative estimate of drug-likeness (QED) is 0.280. The molecule has 2 unspecified atom stereocenters. The molecule has 0 saturated heterocycles. The van der Waals surface area contributed by atoms with Crippen LogP contribution in [0.2, 0.25) is 0 Å². The normalized spacial score (nSPS) is 13.1. The first-order valence-corrected chi connectivity index (χ1v) is 10.3. The van der Waals surface area contributed by atoms with Crippen molar-refractivity contribution in [2.24, 2.45) is 0 Å². The Morgan fingerprint density at radius 3 is 2.44 bits per heavy atom. The van der Waals surface area contributed by atoms with Crippen molar-refractivity contribution in [1.29, 1.82) is 0 Å². The van der Waals surface area contributed by atoms with Crippen molar-refractivity contribution in [1.82, 2.24) is 14.8 Å². The molecule has 3 rings (SSSR count). The number of phenols is 1. The van der Waals surface area contributed by atoms with Crippen molar-refractivity contribution in [3.05, 3.63) is 69.4 Å². The van der Waals surface area contributed by atoms with Gasteiger partial charge in [-0.25, -0.2) is 4.39 Å². The molecule has 0 radical (unpaired) electrons. The number of nitrogens with one attached hydrogen (secondary N) is 1. The first kappa shape index (κ1) is 24.8. The van der Waals surface area contributed by atoms with E-state index in [1.54, 1.807) is 19.0 Å². The SMILES string of the molecule is CN(C)C(Cc1c[nH]c2ccc(F)c([N+](=O)[O-])c12)C(=O)N(C)C(C=O)Cc1ccc(F)c(O)c1. The molecule has 1 aromatic heterocycles. The fourth-order valence-electron chi connectivity index (χ4n) is 3.89. The predicted molar refractivity (Wildman–Crippen MR) is 120 cm³/mol. The van der Waals surface area contributed by atoms with Crippen LogP contribution in [0.25, 0.3) is 10.9 Å². The lowest BCUT2D eigenvalue weighted by molar-refractivity contribution is -0.385. The highest BCUT2D eigenvalue weighted by Gasteiger charge is 2.31. The Bertz CT molecular complexity index is 1240. The van der Waals surface area contributed by atoms with Crippen molar-refractivity contribution in [2.75, 3.05) is 21.1 Å². The Morgan fingerprint density at radius 2 is 1.85 bits per heavy atom. The van der Waals surface area contributed by atoms with Gasteiger partial charge in [-0.05, 0) is 62.3 Å². The number of aromatic nitrogens is 1. The molecule has 0 spiro atoms. The zero-order valence-electron chi connectivity index (χ0n) is 18.8. The van der Waals surface area contributed by atoms with Gasteiger partial charge in [-0.1, -0.05) is 6.07 Å². The average Bonchev–Trinajstić information content (AvgIpc) is 3.19. The first-order chi connectivity index (χ1) is 16.0. The lowest BCUT2D eigenvalue weighted by atomic mass is 10.00. The van der Waals surface area contributed by atoms with Gasteiger partial charge in [-0.15, -0.1) is 0 Å². The zero-order chi connectivity index (χ0) is 25.2. The van der Waals surface area contributed by atoms with E-state index in [1.165, 1.54) is 36.3 Å². The molecule has 2 atom stereocenters. The van der Waals surface area contributed by atoms with Gasteiger partial charge in [0.25, 0.3) is 0 Å². The third-order valence-electron chi connectivity index (χ3n) is 5.81. The van der Waals surface area contributed by atoms with Gasteiger partial charge in [0.05, 0.1) is 27.9 Å². The number of benzene rings is 2. The zero-order valence-corrected chi connectivity index (χ0v) is 18.8. The minimum absolute atomic E-state index is 0.0172. The van der Waals surface area contributed by atoms with E-state index in [9.17, 15) is 33.6 Å². The Morgan fingerprint density at radius 1 is 1.18 bits per heavy atom. The summed E-state index contributed by atoms with van der Waals surface area (Å²) in [5.74, 6) is -2.78. The highest BCUT2D eigenvalue weighted by Crippen LogP contribution is 2.32. The molecule has 11 heteroatoms. The summed E-state index contributed by atoms with van der Waals surface area (Å²) in [5, 5.41) is 21.1. The predicted octanol–water partition coefficient (Wildman–Crippen LogP) is 2.80. The van der Waals surface area contributed by atoms with E-state index in [0.717, 1.165) is 12.1 Å². The number of H-pyrrole nitrogens is 1. The van der Waals surface area contributed by atoms with Gasteiger partial charge in [-0.3, -0.25) is 19.8 Å². The minimum atomic E-state index is -0.980. The summed E-state index contributed by atoms with van der Waals surface area (Å²) in [6.45, 7) is 0. The van der Waals surface area contributed by atoms with Crippen LogP contribution in [0, 0.1) is 21.7 Å². The van der Waals surface area contributed by atoms with E-state index >= 15 is 0 Å². The van der Waals surface area contributed by atoms with Crippen molar-refractivity contribution < 1.29 is 28.4 Å². The molecule has 0 aliphatic heterocycles. The number of nitrogens with zero attached hydrogens (tertiary/aromatic N) is 3. The Balaban J connectivity index is 1.89. The van der Waals surface area contributed by atoms with Crippen molar-refractivity contribution in [2.45, 2.75) is 24.9 Å². The van der Waals surface area contributed by atoms with Gasteiger partial charge in [0.15, 0.2) is 11.6 Å². The number of likely N-dealkylation sites (N-methyl/N-ethyl adjacent to an activating group) is 2. The largest absolute Gasteiger partial charge is 0.505 e. The second-order valence-corrected chi connectivity index (χ2v) is 8.22. The summed E-state index contributed by atoms with van der Waals surface area (Å²) in [5.41, 5.74) is 0.532.